The zero-order chi connectivity index (χ0) is 19.8. The molecule has 0 radical (unpaired) electrons. The Morgan fingerprint density at radius 1 is 0.889 bits per heavy atom. The Labute approximate surface area is 148 Å². The van der Waals surface area contributed by atoms with Crippen molar-refractivity contribution in [3.63, 3.8) is 0 Å². The van der Waals surface area contributed by atoms with Crippen LogP contribution in [0.4, 0.5) is 37.7 Å². The monoisotopic (exact) mass is 381 g/mol. The van der Waals surface area contributed by atoms with Crippen LogP contribution in [0.3, 0.4) is 0 Å². The maximum Gasteiger partial charge on any atom is 0.433 e. The van der Waals surface area contributed by atoms with Crippen molar-refractivity contribution in [1.82, 2.24) is 4.98 Å². The zero-order valence-electron chi connectivity index (χ0n) is 13.3. The average molecular weight is 381 g/mol. The normalized spacial score (nSPS) is 12.0. The van der Waals surface area contributed by atoms with Crippen LogP contribution in [0.5, 0.6) is 0 Å². The van der Waals surface area contributed by atoms with Gasteiger partial charge in [0.15, 0.2) is 0 Å². The quantitative estimate of drug-likeness (QED) is 0.564. The summed E-state index contributed by atoms with van der Waals surface area (Å²) < 4.78 is 78.1. The van der Waals surface area contributed by atoms with Gasteiger partial charge in [-0.05, 0) is 36.4 Å². The minimum atomic E-state index is -4.84. The van der Waals surface area contributed by atoms with Crippen LogP contribution >= 0.6 is 0 Å². The van der Waals surface area contributed by atoms with Crippen LogP contribution in [-0.4, -0.2) is 4.98 Å². The third kappa shape index (κ3) is 3.95. The Morgan fingerprint density at radius 2 is 1.63 bits per heavy atom. The summed E-state index contributed by atoms with van der Waals surface area (Å²) in [4.78, 5) is 3.34. The molecule has 0 amide bonds. The molecule has 9 heteroatoms. The molecule has 138 valence electrons. The molecule has 1 aromatic heterocycles. The van der Waals surface area contributed by atoms with Crippen LogP contribution in [0.2, 0.25) is 0 Å². The number of hydrogen-bond acceptors (Lipinski definition) is 3. The minimum absolute atomic E-state index is 0.0730. The fourth-order valence-corrected chi connectivity index (χ4v) is 2.48. The molecule has 0 aliphatic heterocycles. The maximum absolute atomic E-state index is 13.1. The Bertz CT molecular complexity index is 1040. The van der Waals surface area contributed by atoms with Gasteiger partial charge < -0.3 is 5.32 Å². The summed E-state index contributed by atoms with van der Waals surface area (Å²) >= 11 is 0. The van der Waals surface area contributed by atoms with Crippen molar-refractivity contribution in [2.75, 3.05) is 5.32 Å². The highest BCUT2D eigenvalue weighted by molar-refractivity contribution is 5.93. The standard InChI is InChI=1S/C18H9F6N3/c19-17(20,21)11-4-5-13-14(7-11)27-16(18(22,23)24)8-15(13)26-12-3-1-2-10(6-12)9-25/h1-8H,(H,26,27). The number of nitriles is 1. The first-order valence-electron chi connectivity index (χ1n) is 7.44. The number of nitrogens with one attached hydrogen (secondary N) is 1. The highest BCUT2D eigenvalue weighted by Gasteiger charge is 2.35. The van der Waals surface area contributed by atoms with Gasteiger partial charge in [0.25, 0.3) is 0 Å². The lowest BCUT2D eigenvalue weighted by molar-refractivity contribution is -0.140. The van der Waals surface area contributed by atoms with E-state index >= 15 is 0 Å². The van der Waals surface area contributed by atoms with E-state index < -0.39 is 29.1 Å². The number of halogens is 6. The van der Waals surface area contributed by atoms with Crippen LogP contribution in [0.25, 0.3) is 10.9 Å². The van der Waals surface area contributed by atoms with Crippen LogP contribution in [0.15, 0.2) is 48.5 Å². The van der Waals surface area contributed by atoms with Crippen molar-refractivity contribution < 1.29 is 26.3 Å². The third-order valence-electron chi connectivity index (χ3n) is 3.70. The first-order valence-corrected chi connectivity index (χ1v) is 7.44. The fraction of sp³-hybridized carbons (Fsp3) is 0.111. The lowest BCUT2D eigenvalue weighted by Crippen LogP contribution is -2.10. The highest BCUT2D eigenvalue weighted by atomic mass is 19.4. The molecule has 27 heavy (non-hydrogen) atoms. The molecule has 1 N–H and O–H groups in total. The second kappa shape index (κ2) is 6.46. The van der Waals surface area contributed by atoms with Crippen LogP contribution in [0.1, 0.15) is 16.8 Å². The van der Waals surface area contributed by atoms with E-state index in [1.54, 1.807) is 0 Å². The number of alkyl halides is 6. The molecule has 0 saturated heterocycles. The molecule has 2 aromatic carbocycles. The van der Waals surface area contributed by atoms with E-state index in [4.69, 9.17) is 5.26 Å². The van der Waals surface area contributed by atoms with Gasteiger partial charge in [0.1, 0.15) is 5.69 Å². The van der Waals surface area contributed by atoms with E-state index in [-0.39, 0.29) is 16.6 Å². The molecule has 0 unspecified atom stereocenters. The second-order valence-electron chi connectivity index (χ2n) is 5.60. The largest absolute Gasteiger partial charge is 0.433 e. The first-order chi connectivity index (χ1) is 12.6. The summed E-state index contributed by atoms with van der Waals surface area (Å²) in [5.41, 5.74) is -2.36. The molecule has 0 aliphatic rings. The molecule has 3 aromatic rings. The lowest BCUT2D eigenvalue weighted by atomic mass is 10.1. The maximum atomic E-state index is 13.1. The summed E-state index contributed by atoms with van der Waals surface area (Å²) in [5, 5.41) is 11.7. The second-order valence-corrected chi connectivity index (χ2v) is 5.60. The van der Waals surface area contributed by atoms with E-state index in [0.717, 1.165) is 12.1 Å². The van der Waals surface area contributed by atoms with Crippen molar-refractivity contribution in [3.05, 3.63) is 65.4 Å². The Balaban J connectivity index is 2.19. The van der Waals surface area contributed by atoms with Gasteiger partial charge >= 0.3 is 12.4 Å². The highest BCUT2D eigenvalue weighted by Crippen LogP contribution is 2.37. The molecule has 3 nitrogen and oxygen atoms in total. The van der Waals surface area contributed by atoms with Crippen LogP contribution < -0.4 is 5.32 Å². The average Bonchev–Trinajstić information content (AvgIpc) is 2.59. The van der Waals surface area contributed by atoms with Crippen molar-refractivity contribution in [3.8, 4) is 6.07 Å². The van der Waals surface area contributed by atoms with Crippen molar-refractivity contribution in [2.45, 2.75) is 12.4 Å². The predicted molar refractivity (Wildman–Crippen MR) is 86.2 cm³/mol. The Kier molecular flexibility index (Phi) is 4.43. The summed E-state index contributed by atoms with van der Waals surface area (Å²) in [6.07, 6.45) is -9.55. The number of pyridine rings is 1. The van der Waals surface area contributed by atoms with Gasteiger partial charge in [0.2, 0.25) is 0 Å². The SMILES string of the molecule is N#Cc1cccc(Nc2cc(C(F)(F)F)nc3cc(C(F)(F)F)ccc23)c1. The zero-order valence-corrected chi connectivity index (χ0v) is 13.3. The summed E-state index contributed by atoms with van der Waals surface area (Å²) in [5.74, 6) is 0. The summed E-state index contributed by atoms with van der Waals surface area (Å²) in [7, 11) is 0. The molecule has 0 fully saturated rings. The predicted octanol–water partition coefficient (Wildman–Crippen LogP) is 5.89. The van der Waals surface area contributed by atoms with Crippen molar-refractivity contribution in [2.24, 2.45) is 0 Å². The van der Waals surface area contributed by atoms with Crippen LogP contribution in [0, 0.1) is 11.3 Å². The Morgan fingerprint density at radius 3 is 2.26 bits per heavy atom. The molecule has 0 saturated carbocycles. The molecule has 0 spiro atoms. The van der Waals surface area contributed by atoms with Gasteiger partial charge in [-0.25, -0.2) is 4.98 Å². The summed E-state index contributed by atoms with van der Waals surface area (Å²) in [6.45, 7) is 0. The molecule has 3 rings (SSSR count). The van der Waals surface area contributed by atoms with E-state index in [0.29, 0.717) is 17.8 Å². The molecular formula is C18H9F6N3. The van der Waals surface area contributed by atoms with E-state index in [9.17, 15) is 26.3 Å². The summed E-state index contributed by atoms with van der Waals surface area (Å²) in [6, 6.07) is 11.0. The number of rotatable bonds is 2. The van der Waals surface area contributed by atoms with Gasteiger partial charge in [0.05, 0.1) is 28.4 Å². The van der Waals surface area contributed by atoms with E-state index in [2.05, 4.69) is 10.3 Å². The number of aromatic nitrogens is 1. The molecule has 0 atom stereocenters. The van der Waals surface area contributed by atoms with Crippen molar-refractivity contribution in [1.29, 1.82) is 5.26 Å². The van der Waals surface area contributed by atoms with E-state index in [1.165, 1.54) is 24.3 Å². The minimum Gasteiger partial charge on any atom is -0.355 e. The first kappa shape index (κ1) is 18.5. The smallest absolute Gasteiger partial charge is 0.355 e. The van der Waals surface area contributed by atoms with Gasteiger partial charge in [-0.2, -0.15) is 31.6 Å². The molecular weight excluding hydrogens is 372 g/mol. The number of benzene rings is 2. The van der Waals surface area contributed by atoms with Gasteiger partial charge in [-0.1, -0.05) is 12.1 Å². The topological polar surface area (TPSA) is 48.7 Å². The number of hydrogen-bond donors (Lipinski definition) is 1. The Hall–Kier alpha value is -3.28. The van der Waals surface area contributed by atoms with Crippen LogP contribution in [-0.2, 0) is 12.4 Å². The lowest BCUT2D eigenvalue weighted by Gasteiger charge is -2.15. The van der Waals surface area contributed by atoms with Gasteiger partial charge in [-0.3, -0.25) is 0 Å². The van der Waals surface area contributed by atoms with Crippen molar-refractivity contribution >= 4 is 22.3 Å². The van der Waals surface area contributed by atoms with E-state index in [1.807, 2.05) is 6.07 Å². The molecule has 1 heterocycles. The van der Waals surface area contributed by atoms with Gasteiger partial charge in [-0.15, -0.1) is 0 Å². The van der Waals surface area contributed by atoms with Gasteiger partial charge in [0, 0.05) is 11.1 Å². The number of nitrogens with zero attached hydrogens (tertiary/aromatic N) is 2. The molecule has 0 bridgehead atoms. The number of fused-ring (bicyclic) bond motifs is 1. The number of anilines is 2. The fourth-order valence-electron chi connectivity index (χ4n) is 2.48. The third-order valence-corrected chi connectivity index (χ3v) is 3.70. The molecule has 0 aliphatic carbocycles.